The van der Waals surface area contributed by atoms with E-state index in [9.17, 15) is 4.79 Å². The smallest absolute Gasteiger partial charge is 0.255 e. The molecule has 2 aliphatic heterocycles. The summed E-state index contributed by atoms with van der Waals surface area (Å²) in [7, 11) is 0. The first-order valence-electron chi connectivity index (χ1n) is 7.30. The molecule has 0 unspecified atom stereocenters. The minimum Gasteiger partial charge on any atom is -0.489 e. The number of carbonyl (C=O) groups excluding carboxylic acids is 1. The third-order valence-electron chi connectivity index (χ3n) is 3.85. The Morgan fingerprint density at radius 1 is 1.05 bits per heavy atom. The van der Waals surface area contributed by atoms with Gasteiger partial charge in [-0.2, -0.15) is 11.8 Å². The first-order chi connectivity index (χ1) is 10.8. The molecule has 1 amide bonds. The quantitative estimate of drug-likeness (QED) is 0.914. The van der Waals surface area contributed by atoms with Crippen molar-refractivity contribution in [2.24, 2.45) is 0 Å². The van der Waals surface area contributed by atoms with Crippen LogP contribution in [0.2, 0.25) is 0 Å². The lowest BCUT2D eigenvalue weighted by Gasteiger charge is -2.29. The molecule has 5 heteroatoms. The topological polar surface area (TPSA) is 50.4 Å². The second-order valence-electron chi connectivity index (χ2n) is 5.45. The standard InChI is InChI=1S/C17H16N2O2S/c20-17-14-6-1-2-7-15(14)18-16(19-17)11-4-3-5-12(8-11)21-13-9-22-10-13/h1-8,13,16,18H,9-10H2,(H,19,20)/t16-/m1/s1. The summed E-state index contributed by atoms with van der Waals surface area (Å²) in [5.74, 6) is 2.91. The highest BCUT2D eigenvalue weighted by Gasteiger charge is 2.25. The summed E-state index contributed by atoms with van der Waals surface area (Å²) in [5, 5.41) is 6.35. The van der Waals surface area contributed by atoms with Crippen molar-refractivity contribution >= 4 is 23.4 Å². The van der Waals surface area contributed by atoms with E-state index >= 15 is 0 Å². The highest BCUT2D eigenvalue weighted by molar-refractivity contribution is 8.00. The van der Waals surface area contributed by atoms with Crippen LogP contribution in [0.1, 0.15) is 22.1 Å². The number of carbonyl (C=O) groups is 1. The fourth-order valence-electron chi connectivity index (χ4n) is 2.62. The fourth-order valence-corrected chi connectivity index (χ4v) is 3.18. The Hall–Kier alpha value is -2.14. The molecule has 0 spiro atoms. The van der Waals surface area contributed by atoms with Crippen LogP contribution < -0.4 is 15.4 Å². The van der Waals surface area contributed by atoms with Crippen molar-refractivity contribution in [2.75, 3.05) is 16.8 Å². The summed E-state index contributed by atoms with van der Waals surface area (Å²) in [5.41, 5.74) is 2.53. The summed E-state index contributed by atoms with van der Waals surface area (Å²) < 4.78 is 5.92. The van der Waals surface area contributed by atoms with Crippen LogP contribution in [0, 0.1) is 0 Å². The highest BCUT2D eigenvalue weighted by Crippen LogP contribution is 2.29. The molecule has 112 valence electrons. The molecule has 4 rings (SSSR count). The van der Waals surface area contributed by atoms with Gasteiger partial charge in [0.1, 0.15) is 18.0 Å². The predicted octanol–water partition coefficient (Wildman–Crippen LogP) is 3.03. The van der Waals surface area contributed by atoms with Crippen molar-refractivity contribution < 1.29 is 9.53 Å². The predicted molar refractivity (Wildman–Crippen MR) is 88.5 cm³/mol. The molecule has 0 saturated carbocycles. The molecule has 22 heavy (non-hydrogen) atoms. The molecule has 1 atom stereocenters. The van der Waals surface area contributed by atoms with Crippen LogP contribution in [0.15, 0.2) is 48.5 Å². The van der Waals surface area contributed by atoms with Crippen LogP contribution in [0.4, 0.5) is 5.69 Å². The monoisotopic (exact) mass is 312 g/mol. The lowest BCUT2D eigenvalue weighted by molar-refractivity contribution is 0.0935. The van der Waals surface area contributed by atoms with Gasteiger partial charge in [0.15, 0.2) is 0 Å². The first kappa shape index (κ1) is 13.5. The van der Waals surface area contributed by atoms with Crippen molar-refractivity contribution in [3.05, 3.63) is 59.7 Å². The maximum atomic E-state index is 12.2. The Balaban J connectivity index is 1.57. The minimum absolute atomic E-state index is 0.0546. The van der Waals surface area contributed by atoms with Gasteiger partial charge in [-0.15, -0.1) is 0 Å². The number of rotatable bonds is 3. The average Bonchev–Trinajstić information content (AvgIpc) is 2.51. The molecular weight excluding hydrogens is 296 g/mol. The molecule has 0 radical (unpaired) electrons. The average molecular weight is 312 g/mol. The van der Waals surface area contributed by atoms with Crippen LogP contribution in [0.3, 0.4) is 0 Å². The van der Waals surface area contributed by atoms with Crippen molar-refractivity contribution in [3.8, 4) is 5.75 Å². The number of amides is 1. The van der Waals surface area contributed by atoms with Gasteiger partial charge in [0.25, 0.3) is 5.91 Å². The normalized spacial score (nSPS) is 20.4. The second kappa shape index (κ2) is 5.57. The van der Waals surface area contributed by atoms with E-state index in [4.69, 9.17) is 4.74 Å². The zero-order chi connectivity index (χ0) is 14.9. The number of fused-ring (bicyclic) bond motifs is 1. The molecule has 2 aliphatic rings. The van der Waals surface area contributed by atoms with Crippen LogP contribution in [-0.4, -0.2) is 23.5 Å². The number of anilines is 1. The van der Waals surface area contributed by atoms with E-state index in [-0.39, 0.29) is 12.1 Å². The maximum absolute atomic E-state index is 12.2. The largest absolute Gasteiger partial charge is 0.489 e. The van der Waals surface area contributed by atoms with Gasteiger partial charge in [-0.25, -0.2) is 0 Å². The first-order valence-corrected chi connectivity index (χ1v) is 8.46. The Morgan fingerprint density at radius 3 is 2.73 bits per heavy atom. The van der Waals surface area contributed by atoms with E-state index in [1.54, 1.807) is 0 Å². The van der Waals surface area contributed by atoms with Gasteiger partial charge >= 0.3 is 0 Å². The van der Waals surface area contributed by atoms with E-state index in [0.29, 0.717) is 11.7 Å². The van der Waals surface area contributed by atoms with Crippen molar-refractivity contribution in [1.82, 2.24) is 5.32 Å². The van der Waals surface area contributed by atoms with Crippen molar-refractivity contribution in [2.45, 2.75) is 12.3 Å². The lowest BCUT2D eigenvalue weighted by atomic mass is 10.1. The van der Waals surface area contributed by atoms with E-state index < -0.39 is 0 Å². The SMILES string of the molecule is O=C1N[C@H](c2cccc(OC3CSC3)c2)Nc2ccccc21. The van der Waals surface area contributed by atoms with E-state index in [1.165, 1.54) is 0 Å². The van der Waals surface area contributed by atoms with Gasteiger partial charge in [-0.3, -0.25) is 4.79 Å². The summed E-state index contributed by atoms with van der Waals surface area (Å²) in [6, 6.07) is 15.5. The van der Waals surface area contributed by atoms with Gasteiger partial charge in [0.2, 0.25) is 0 Å². The van der Waals surface area contributed by atoms with Gasteiger partial charge in [-0.1, -0.05) is 24.3 Å². The molecule has 2 aromatic rings. The molecule has 0 aliphatic carbocycles. The molecule has 0 bridgehead atoms. The van der Waals surface area contributed by atoms with E-state index in [0.717, 1.165) is 28.5 Å². The summed E-state index contributed by atoms with van der Waals surface area (Å²) in [6.07, 6.45) is 0.0802. The van der Waals surface area contributed by atoms with Crippen LogP contribution in [0.5, 0.6) is 5.75 Å². The molecular formula is C17H16N2O2S. The number of hydrogen-bond donors (Lipinski definition) is 2. The zero-order valence-electron chi connectivity index (χ0n) is 11.9. The van der Waals surface area contributed by atoms with Crippen LogP contribution in [0.25, 0.3) is 0 Å². The van der Waals surface area contributed by atoms with Gasteiger partial charge < -0.3 is 15.4 Å². The molecule has 1 saturated heterocycles. The Labute approximate surface area is 133 Å². The summed E-state index contributed by atoms with van der Waals surface area (Å²) in [4.78, 5) is 12.2. The molecule has 1 fully saturated rings. The lowest BCUT2D eigenvalue weighted by Crippen LogP contribution is -2.38. The third-order valence-corrected chi connectivity index (χ3v) is 5.06. The molecule has 2 heterocycles. The molecule has 4 nitrogen and oxygen atoms in total. The molecule has 2 N–H and O–H groups in total. The van der Waals surface area contributed by atoms with E-state index in [2.05, 4.69) is 10.6 Å². The number of thioether (sulfide) groups is 1. The molecule has 0 aromatic heterocycles. The maximum Gasteiger partial charge on any atom is 0.255 e. The fraction of sp³-hybridized carbons (Fsp3) is 0.235. The number of ether oxygens (including phenoxy) is 1. The highest BCUT2D eigenvalue weighted by atomic mass is 32.2. The Bertz CT molecular complexity index is 715. The van der Waals surface area contributed by atoms with Crippen molar-refractivity contribution in [1.29, 1.82) is 0 Å². The van der Waals surface area contributed by atoms with Gasteiger partial charge in [-0.05, 0) is 29.8 Å². The van der Waals surface area contributed by atoms with Gasteiger partial charge in [0, 0.05) is 17.2 Å². The van der Waals surface area contributed by atoms with Gasteiger partial charge in [0.05, 0.1) is 5.56 Å². The van der Waals surface area contributed by atoms with Crippen molar-refractivity contribution in [3.63, 3.8) is 0 Å². The third kappa shape index (κ3) is 2.52. The number of benzene rings is 2. The van der Waals surface area contributed by atoms with Crippen LogP contribution in [-0.2, 0) is 0 Å². The second-order valence-corrected chi connectivity index (χ2v) is 6.52. The Kier molecular flexibility index (Phi) is 3.42. The number of hydrogen-bond acceptors (Lipinski definition) is 4. The van der Waals surface area contributed by atoms with Crippen LogP contribution >= 0.6 is 11.8 Å². The molecule has 2 aromatic carbocycles. The summed E-state index contributed by atoms with van der Waals surface area (Å²) in [6.45, 7) is 0. The minimum atomic E-state index is -0.235. The van der Waals surface area contributed by atoms with E-state index in [1.807, 2.05) is 60.3 Å². The number of nitrogens with one attached hydrogen (secondary N) is 2. The number of para-hydroxylation sites is 1. The zero-order valence-corrected chi connectivity index (χ0v) is 12.7. The Morgan fingerprint density at radius 2 is 1.91 bits per heavy atom. The summed E-state index contributed by atoms with van der Waals surface area (Å²) >= 11 is 1.89.